The lowest BCUT2D eigenvalue weighted by molar-refractivity contribution is -0.150. The van der Waals surface area contributed by atoms with E-state index in [9.17, 15) is 9.59 Å². The van der Waals surface area contributed by atoms with Crippen LogP contribution in [-0.4, -0.2) is 48.3 Å². The molecule has 26 heavy (non-hydrogen) atoms. The lowest BCUT2D eigenvalue weighted by Gasteiger charge is -2.38. The lowest BCUT2D eigenvalue weighted by Crippen LogP contribution is -2.55. The molecule has 0 unspecified atom stereocenters. The van der Waals surface area contributed by atoms with Crippen molar-refractivity contribution in [3.05, 3.63) is 35.9 Å². The van der Waals surface area contributed by atoms with Crippen LogP contribution in [0.4, 0.5) is 4.79 Å². The zero-order valence-corrected chi connectivity index (χ0v) is 16.2. The third-order valence-corrected chi connectivity index (χ3v) is 4.27. The number of amides is 1. The standard InChI is InChI=1S/C20H30N2O4/c1-5-25-18(23)16-11-12-22(19(24)26-20(2,3)4)14-17(16)21-13-15-9-7-6-8-10-15/h6-10,16-17,21H,5,11-14H2,1-4H3/t16-,17+/m0/s1. The summed E-state index contributed by atoms with van der Waals surface area (Å²) in [5.74, 6) is -0.473. The first-order chi connectivity index (χ1) is 12.3. The molecule has 0 saturated carbocycles. The van der Waals surface area contributed by atoms with E-state index in [4.69, 9.17) is 9.47 Å². The van der Waals surface area contributed by atoms with Gasteiger partial charge < -0.3 is 19.7 Å². The predicted molar refractivity (Wildman–Crippen MR) is 99.6 cm³/mol. The average molecular weight is 362 g/mol. The summed E-state index contributed by atoms with van der Waals surface area (Å²) in [7, 11) is 0. The predicted octanol–water partition coefficient (Wildman–Crippen LogP) is 2.96. The van der Waals surface area contributed by atoms with Crippen molar-refractivity contribution in [3.63, 3.8) is 0 Å². The smallest absolute Gasteiger partial charge is 0.410 e. The molecule has 1 aliphatic rings. The Balaban J connectivity index is 2.04. The van der Waals surface area contributed by atoms with Gasteiger partial charge in [-0.15, -0.1) is 0 Å². The zero-order chi connectivity index (χ0) is 19.2. The Labute approximate surface area is 155 Å². The number of benzene rings is 1. The van der Waals surface area contributed by atoms with Gasteiger partial charge in [0.25, 0.3) is 0 Å². The monoisotopic (exact) mass is 362 g/mol. The number of piperidine rings is 1. The molecule has 2 atom stereocenters. The van der Waals surface area contributed by atoms with E-state index in [2.05, 4.69) is 5.32 Å². The summed E-state index contributed by atoms with van der Waals surface area (Å²) < 4.78 is 10.7. The summed E-state index contributed by atoms with van der Waals surface area (Å²) in [5, 5.41) is 3.42. The SMILES string of the molecule is CCOC(=O)[C@H]1CCN(C(=O)OC(C)(C)C)C[C@H]1NCc1ccccc1. The van der Waals surface area contributed by atoms with E-state index < -0.39 is 5.60 Å². The maximum atomic E-state index is 12.4. The fraction of sp³-hybridized carbons (Fsp3) is 0.600. The van der Waals surface area contributed by atoms with Crippen molar-refractivity contribution in [1.29, 1.82) is 0 Å². The van der Waals surface area contributed by atoms with Crippen LogP contribution in [0.25, 0.3) is 0 Å². The Morgan fingerprint density at radius 3 is 2.54 bits per heavy atom. The summed E-state index contributed by atoms with van der Waals surface area (Å²) in [4.78, 5) is 26.4. The molecule has 6 heteroatoms. The summed E-state index contributed by atoms with van der Waals surface area (Å²) in [5.41, 5.74) is 0.590. The Bertz CT molecular complexity index is 598. The zero-order valence-electron chi connectivity index (χ0n) is 16.2. The maximum absolute atomic E-state index is 12.4. The average Bonchev–Trinajstić information content (AvgIpc) is 2.59. The molecule has 1 aliphatic heterocycles. The van der Waals surface area contributed by atoms with Crippen molar-refractivity contribution in [2.45, 2.75) is 52.3 Å². The molecule has 1 fully saturated rings. The maximum Gasteiger partial charge on any atom is 0.410 e. The van der Waals surface area contributed by atoms with Crippen molar-refractivity contribution < 1.29 is 19.1 Å². The van der Waals surface area contributed by atoms with Gasteiger partial charge in [-0.05, 0) is 39.7 Å². The molecule has 1 heterocycles. The van der Waals surface area contributed by atoms with E-state index >= 15 is 0 Å². The molecule has 0 spiro atoms. The van der Waals surface area contributed by atoms with Crippen molar-refractivity contribution in [1.82, 2.24) is 10.2 Å². The number of rotatable bonds is 5. The fourth-order valence-electron chi connectivity index (χ4n) is 3.03. The Hall–Kier alpha value is -2.08. The molecule has 6 nitrogen and oxygen atoms in total. The van der Waals surface area contributed by atoms with E-state index in [0.717, 1.165) is 5.56 Å². The molecule has 0 aromatic heterocycles. The van der Waals surface area contributed by atoms with Crippen LogP contribution in [0.3, 0.4) is 0 Å². The van der Waals surface area contributed by atoms with Crippen LogP contribution >= 0.6 is 0 Å². The summed E-state index contributed by atoms with van der Waals surface area (Å²) in [6.45, 7) is 9.25. The molecular formula is C20H30N2O4. The fourth-order valence-corrected chi connectivity index (χ4v) is 3.03. The van der Waals surface area contributed by atoms with Crippen molar-refractivity contribution in [2.75, 3.05) is 19.7 Å². The molecule has 1 saturated heterocycles. The van der Waals surface area contributed by atoms with E-state index in [1.54, 1.807) is 11.8 Å². The van der Waals surface area contributed by atoms with E-state index in [1.165, 1.54) is 0 Å². The highest BCUT2D eigenvalue weighted by atomic mass is 16.6. The van der Waals surface area contributed by atoms with Crippen LogP contribution in [0.15, 0.2) is 30.3 Å². The number of nitrogens with zero attached hydrogens (tertiary/aromatic N) is 1. The first-order valence-corrected chi connectivity index (χ1v) is 9.22. The second kappa shape index (κ2) is 9.03. The highest BCUT2D eigenvalue weighted by Gasteiger charge is 2.37. The molecule has 1 aromatic rings. The molecule has 0 aliphatic carbocycles. The van der Waals surface area contributed by atoms with Gasteiger partial charge in [-0.1, -0.05) is 30.3 Å². The Kier molecular flexibility index (Phi) is 7.03. The number of ether oxygens (including phenoxy) is 2. The van der Waals surface area contributed by atoms with E-state index in [1.807, 2.05) is 51.1 Å². The normalized spacial score (nSPS) is 20.5. The van der Waals surface area contributed by atoms with E-state index in [-0.39, 0.29) is 24.0 Å². The number of hydrogen-bond donors (Lipinski definition) is 1. The summed E-state index contributed by atoms with van der Waals surface area (Å²) in [6, 6.07) is 9.81. The minimum atomic E-state index is -0.540. The molecule has 1 aromatic carbocycles. The van der Waals surface area contributed by atoms with Gasteiger partial charge in [-0.2, -0.15) is 0 Å². The van der Waals surface area contributed by atoms with Gasteiger partial charge in [0.1, 0.15) is 5.60 Å². The van der Waals surface area contributed by atoms with Crippen molar-refractivity contribution in [3.8, 4) is 0 Å². The third kappa shape index (κ3) is 6.02. The Morgan fingerprint density at radius 1 is 1.23 bits per heavy atom. The van der Waals surface area contributed by atoms with Gasteiger partial charge in [0.2, 0.25) is 0 Å². The van der Waals surface area contributed by atoms with Crippen LogP contribution in [0.5, 0.6) is 0 Å². The van der Waals surface area contributed by atoms with Crippen molar-refractivity contribution in [2.24, 2.45) is 5.92 Å². The third-order valence-electron chi connectivity index (χ3n) is 4.27. The van der Waals surface area contributed by atoms with Gasteiger partial charge >= 0.3 is 12.1 Å². The number of carbonyl (C=O) groups excluding carboxylic acids is 2. The summed E-state index contributed by atoms with van der Waals surface area (Å²) in [6.07, 6.45) is 0.219. The molecule has 1 N–H and O–H groups in total. The number of likely N-dealkylation sites (tertiary alicyclic amines) is 1. The Morgan fingerprint density at radius 2 is 1.92 bits per heavy atom. The lowest BCUT2D eigenvalue weighted by atomic mass is 9.91. The minimum Gasteiger partial charge on any atom is -0.466 e. The summed E-state index contributed by atoms with van der Waals surface area (Å²) >= 11 is 0. The van der Waals surface area contributed by atoms with Crippen LogP contribution < -0.4 is 5.32 Å². The minimum absolute atomic E-state index is 0.171. The number of carbonyl (C=O) groups is 2. The number of hydrogen-bond acceptors (Lipinski definition) is 5. The first kappa shape index (κ1) is 20.2. The van der Waals surface area contributed by atoms with Crippen LogP contribution in [0.2, 0.25) is 0 Å². The highest BCUT2D eigenvalue weighted by molar-refractivity contribution is 5.74. The van der Waals surface area contributed by atoms with Crippen LogP contribution in [0, 0.1) is 5.92 Å². The quantitative estimate of drug-likeness (QED) is 0.816. The largest absolute Gasteiger partial charge is 0.466 e. The van der Waals surface area contributed by atoms with Gasteiger partial charge in [-0.25, -0.2) is 4.79 Å². The topological polar surface area (TPSA) is 67.9 Å². The van der Waals surface area contributed by atoms with Crippen LogP contribution in [-0.2, 0) is 20.8 Å². The first-order valence-electron chi connectivity index (χ1n) is 9.22. The second-order valence-electron chi connectivity index (χ2n) is 7.55. The molecule has 2 rings (SSSR count). The van der Waals surface area contributed by atoms with E-state index in [0.29, 0.717) is 32.7 Å². The van der Waals surface area contributed by atoms with Gasteiger partial charge in [0, 0.05) is 25.7 Å². The highest BCUT2D eigenvalue weighted by Crippen LogP contribution is 2.22. The second-order valence-corrected chi connectivity index (χ2v) is 7.55. The molecule has 0 radical (unpaired) electrons. The van der Waals surface area contributed by atoms with Crippen LogP contribution in [0.1, 0.15) is 39.7 Å². The molecule has 0 bridgehead atoms. The molecule has 144 valence electrons. The number of esters is 1. The number of nitrogens with one attached hydrogen (secondary N) is 1. The van der Waals surface area contributed by atoms with Gasteiger partial charge in [0.15, 0.2) is 0 Å². The van der Waals surface area contributed by atoms with Gasteiger partial charge in [-0.3, -0.25) is 4.79 Å². The van der Waals surface area contributed by atoms with Crippen molar-refractivity contribution >= 4 is 12.1 Å². The molecule has 1 amide bonds. The molecular weight excluding hydrogens is 332 g/mol. The van der Waals surface area contributed by atoms with Gasteiger partial charge in [0.05, 0.1) is 12.5 Å².